The number of thiophene rings is 1. The molecule has 2 aromatic heterocycles. The van der Waals surface area contributed by atoms with Crippen LogP contribution in [0.1, 0.15) is 27.2 Å². The highest BCUT2D eigenvalue weighted by atomic mass is 32.1. The van der Waals surface area contributed by atoms with Crippen LogP contribution in [0.3, 0.4) is 0 Å². The van der Waals surface area contributed by atoms with Gasteiger partial charge in [-0.15, -0.1) is 11.3 Å². The van der Waals surface area contributed by atoms with Crippen molar-refractivity contribution in [3.05, 3.63) is 67.2 Å². The standard InChI is InChI=1S/C23H20F6N4O4S/c24-22(25,26)7-10-33-20-15(18(35)32(21(33)37)9-6-13-4-2-1-3-5-13)16(23(27,28)29)17(38-20)19(36)31-11-8-30-14(34)12-31/h1-5H,6-12H2,(H,30,34). The molecule has 0 atom stereocenters. The maximum Gasteiger partial charge on any atom is 0.418 e. The minimum atomic E-state index is -5.26. The van der Waals surface area contributed by atoms with Gasteiger partial charge in [-0.3, -0.25) is 23.5 Å². The summed E-state index contributed by atoms with van der Waals surface area (Å²) in [5.74, 6) is -1.82. The van der Waals surface area contributed by atoms with Gasteiger partial charge in [0.1, 0.15) is 9.71 Å². The first kappa shape index (κ1) is 27.4. The van der Waals surface area contributed by atoms with E-state index in [9.17, 15) is 45.5 Å². The molecule has 3 aromatic rings. The van der Waals surface area contributed by atoms with E-state index in [1.807, 2.05) is 0 Å². The van der Waals surface area contributed by atoms with Gasteiger partial charge in [0.15, 0.2) is 0 Å². The van der Waals surface area contributed by atoms with Crippen LogP contribution in [-0.2, 0) is 30.5 Å². The van der Waals surface area contributed by atoms with Gasteiger partial charge in [-0.05, 0) is 12.0 Å². The predicted molar refractivity (Wildman–Crippen MR) is 125 cm³/mol. The van der Waals surface area contributed by atoms with Crippen LogP contribution in [0, 0.1) is 0 Å². The minimum absolute atomic E-state index is 0.0145. The Morgan fingerprint density at radius 2 is 1.66 bits per heavy atom. The van der Waals surface area contributed by atoms with Crippen molar-refractivity contribution in [3.8, 4) is 0 Å². The van der Waals surface area contributed by atoms with Gasteiger partial charge in [0.05, 0.1) is 23.9 Å². The largest absolute Gasteiger partial charge is 0.418 e. The zero-order chi connectivity index (χ0) is 27.8. The smallest absolute Gasteiger partial charge is 0.353 e. The van der Waals surface area contributed by atoms with Crippen LogP contribution < -0.4 is 16.6 Å². The first-order valence-electron chi connectivity index (χ1n) is 11.3. The lowest BCUT2D eigenvalue weighted by atomic mass is 10.1. The fraction of sp³-hybridized carbons (Fsp3) is 0.391. The van der Waals surface area contributed by atoms with Gasteiger partial charge in [-0.25, -0.2) is 4.79 Å². The number of nitrogens with one attached hydrogen (secondary N) is 1. The Bertz CT molecular complexity index is 1490. The van der Waals surface area contributed by atoms with Crippen LogP contribution in [0.25, 0.3) is 10.2 Å². The minimum Gasteiger partial charge on any atom is -0.353 e. The van der Waals surface area contributed by atoms with Crippen molar-refractivity contribution in [2.45, 2.75) is 38.3 Å². The second kappa shape index (κ2) is 10.3. The lowest BCUT2D eigenvalue weighted by molar-refractivity contribution is -0.137. The van der Waals surface area contributed by atoms with E-state index in [1.165, 1.54) is 0 Å². The number of rotatable bonds is 6. The topological polar surface area (TPSA) is 93.4 Å². The van der Waals surface area contributed by atoms with Gasteiger partial charge in [-0.2, -0.15) is 26.3 Å². The monoisotopic (exact) mass is 562 g/mol. The number of alkyl halides is 6. The van der Waals surface area contributed by atoms with Crippen LogP contribution in [0.4, 0.5) is 26.3 Å². The third kappa shape index (κ3) is 5.61. The summed E-state index contributed by atoms with van der Waals surface area (Å²) < 4.78 is 83.1. The van der Waals surface area contributed by atoms with Crippen molar-refractivity contribution in [1.29, 1.82) is 0 Å². The first-order chi connectivity index (χ1) is 17.8. The summed E-state index contributed by atoms with van der Waals surface area (Å²) in [5.41, 5.74) is -3.56. The highest BCUT2D eigenvalue weighted by Gasteiger charge is 2.43. The molecule has 1 N–H and O–H groups in total. The Morgan fingerprint density at radius 1 is 0.974 bits per heavy atom. The van der Waals surface area contributed by atoms with E-state index in [-0.39, 0.29) is 30.8 Å². The number of nitrogens with zero attached hydrogens (tertiary/aromatic N) is 3. The van der Waals surface area contributed by atoms with E-state index in [2.05, 4.69) is 5.32 Å². The molecule has 1 saturated heterocycles. The second-order valence-electron chi connectivity index (χ2n) is 8.55. The summed E-state index contributed by atoms with van der Waals surface area (Å²) in [6, 6.07) is 8.36. The molecule has 1 fully saturated rings. The Hall–Kier alpha value is -3.62. The lowest BCUT2D eigenvalue weighted by Crippen LogP contribution is -2.50. The molecule has 2 amide bonds. The normalized spacial score (nSPS) is 14.7. The third-order valence-electron chi connectivity index (χ3n) is 5.94. The summed E-state index contributed by atoms with van der Waals surface area (Å²) >= 11 is 0.122. The van der Waals surface area contributed by atoms with Crippen molar-refractivity contribution in [2.24, 2.45) is 0 Å². The number of hydrogen-bond acceptors (Lipinski definition) is 5. The van der Waals surface area contributed by atoms with Gasteiger partial charge < -0.3 is 10.2 Å². The molecule has 38 heavy (non-hydrogen) atoms. The molecule has 1 aliphatic rings. The summed E-state index contributed by atoms with van der Waals surface area (Å²) in [6.07, 6.45) is -11.5. The molecule has 1 aromatic carbocycles. The second-order valence-corrected chi connectivity index (χ2v) is 9.55. The maximum atomic E-state index is 14.3. The number of hydrogen-bond donors (Lipinski definition) is 1. The van der Waals surface area contributed by atoms with Crippen LogP contribution in [0.5, 0.6) is 0 Å². The van der Waals surface area contributed by atoms with Gasteiger partial charge >= 0.3 is 18.0 Å². The van der Waals surface area contributed by atoms with Crippen LogP contribution in [0.2, 0.25) is 0 Å². The van der Waals surface area contributed by atoms with E-state index in [0.29, 0.717) is 14.7 Å². The summed E-state index contributed by atoms with van der Waals surface area (Å²) in [7, 11) is 0. The number of aryl methyl sites for hydroxylation is 2. The molecule has 0 bridgehead atoms. The number of halogens is 6. The predicted octanol–water partition coefficient (Wildman–Crippen LogP) is 3.01. The van der Waals surface area contributed by atoms with Gasteiger partial charge in [-0.1, -0.05) is 30.3 Å². The molecule has 15 heteroatoms. The van der Waals surface area contributed by atoms with Crippen LogP contribution in [0.15, 0.2) is 39.9 Å². The van der Waals surface area contributed by atoms with Crippen molar-refractivity contribution in [3.63, 3.8) is 0 Å². The third-order valence-corrected chi connectivity index (χ3v) is 7.15. The number of carbonyl (C=O) groups excluding carboxylic acids is 2. The number of carbonyl (C=O) groups is 2. The highest BCUT2D eigenvalue weighted by Crippen LogP contribution is 2.41. The Morgan fingerprint density at radius 3 is 2.26 bits per heavy atom. The fourth-order valence-corrected chi connectivity index (χ4v) is 5.46. The fourth-order valence-electron chi connectivity index (χ4n) is 4.16. The van der Waals surface area contributed by atoms with Crippen molar-refractivity contribution >= 4 is 33.4 Å². The molecule has 8 nitrogen and oxygen atoms in total. The molecular weight excluding hydrogens is 542 g/mol. The number of amides is 2. The molecule has 4 rings (SSSR count). The average molecular weight is 562 g/mol. The Kier molecular flexibility index (Phi) is 7.41. The molecule has 0 saturated carbocycles. The quantitative estimate of drug-likeness (QED) is 0.468. The number of piperazine rings is 1. The SMILES string of the molecule is O=C1CN(C(=O)c2sc3c(c2C(F)(F)F)c(=O)n(CCc2ccccc2)c(=O)n3CCC(F)(F)F)CCN1. The molecule has 3 heterocycles. The van der Waals surface area contributed by atoms with Gasteiger partial charge in [0.2, 0.25) is 5.91 Å². The van der Waals surface area contributed by atoms with Crippen molar-refractivity contribution in [1.82, 2.24) is 19.4 Å². The van der Waals surface area contributed by atoms with Crippen molar-refractivity contribution in [2.75, 3.05) is 19.6 Å². The summed E-state index contributed by atoms with van der Waals surface area (Å²) in [4.78, 5) is 50.4. The van der Waals surface area contributed by atoms with Gasteiger partial charge in [0.25, 0.3) is 11.5 Å². The van der Waals surface area contributed by atoms with E-state index < -0.39 is 82.1 Å². The average Bonchev–Trinajstić information content (AvgIpc) is 3.25. The van der Waals surface area contributed by atoms with E-state index in [0.717, 1.165) is 4.90 Å². The van der Waals surface area contributed by atoms with Crippen LogP contribution in [-0.4, -0.2) is 51.7 Å². The molecule has 0 spiro atoms. The number of aromatic nitrogens is 2. The summed E-state index contributed by atoms with van der Waals surface area (Å²) in [5, 5.41) is 1.37. The van der Waals surface area contributed by atoms with E-state index in [1.54, 1.807) is 30.3 Å². The summed E-state index contributed by atoms with van der Waals surface area (Å²) in [6.45, 7) is -2.11. The van der Waals surface area contributed by atoms with E-state index >= 15 is 0 Å². The lowest BCUT2D eigenvalue weighted by Gasteiger charge is -2.26. The Balaban J connectivity index is 1.94. The van der Waals surface area contributed by atoms with Crippen LogP contribution >= 0.6 is 11.3 Å². The molecule has 0 aliphatic carbocycles. The van der Waals surface area contributed by atoms with Gasteiger partial charge in [0, 0.05) is 26.2 Å². The molecular formula is C23H20F6N4O4S. The van der Waals surface area contributed by atoms with Crippen molar-refractivity contribution < 1.29 is 35.9 Å². The molecule has 0 radical (unpaired) electrons. The number of benzene rings is 1. The maximum absolute atomic E-state index is 14.3. The number of fused-ring (bicyclic) bond motifs is 1. The molecule has 0 unspecified atom stereocenters. The van der Waals surface area contributed by atoms with E-state index in [4.69, 9.17) is 0 Å². The zero-order valence-corrected chi connectivity index (χ0v) is 20.3. The molecule has 204 valence electrons. The molecule has 1 aliphatic heterocycles. The highest BCUT2D eigenvalue weighted by molar-refractivity contribution is 7.20. The first-order valence-corrected chi connectivity index (χ1v) is 12.1. The Labute approximate surface area is 214 Å². The zero-order valence-electron chi connectivity index (χ0n) is 19.5.